The number of carbonyl (C=O) groups excluding carboxylic acids is 1. The van der Waals surface area contributed by atoms with E-state index in [-0.39, 0.29) is 11.7 Å². The number of hydrogen-bond donors (Lipinski definition) is 3. The number of anilines is 1. The zero-order valence-electron chi connectivity index (χ0n) is 11.4. The summed E-state index contributed by atoms with van der Waals surface area (Å²) >= 11 is 0. The van der Waals surface area contributed by atoms with E-state index < -0.39 is 5.60 Å². The number of aliphatic hydroxyl groups is 1. The lowest BCUT2D eigenvalue weighted by atomic mass is 9.96. The Hall–Kier alpha value is -2.33. The molecule has 0 unspecified atom stereocenters. The van der Waals surface area contributed by atoms with Gasteiger partial charge in [-0.2, -0.15) is 0 Å². The Kier molecular flexibility index (Phi) is 3.77. The van der Waals surface area contributed by atoms with E-state index in [0.29, 0.717) is 16.8 Å². The topological polar surface area (TPSA) is 69.6 Å². The molecular weight excluding hydrogens is 254 g/mol. The predicted molar refractivity (Wildman–Crippen MR) is 77.7 cm³/mol. The first-order valence-electron chi connectivity index (χ1n) is 6.30. The maximum Gasteiger partial charge on any atom is 0.255 e. The minimum absolute atomic E-state index is 0.0134. The third kappa shape index (κ3) is 3.16. The van der Waals surface area contributed by atoms with E-state index >= 15 is 0 Å². The molecule has 2 aromatic carbocycles. The second kappa shape index (κ2) is 5.35. The highest BCUT2D eigenvalue weighted by atomic mass is 16.3. The molecule has 0 radical (unpaired) electrons. The molecule has 2 aromatic rings. The van der Waals surface area contributed by atoms with Crippen LogP contribution in [0.1, 0.15) is 29.8 Å². The minimum Gasteiger partial charge on any atom is -0.506 e. The molecule has 4 heteroatoms. The van der Waals surface area contributed by atoms with Crippen molar-refractivity contribution in [3.8, 4) is 5.75 Å². The molecular formula is C16H17NO3. The second-order valence-corrected chi connectivity index (χ2v) is 5.11. The number of benzene rings is 2. The summed E-state index contributed by atoms with van der Waals surface area (Å²) in [7, 11) is 0. The molecule has 0 aromatic heterocycles. The smallest absolute Gasteiger partial charge is 0.255 e. The van der Waals surface area contributed by atoms with Crippen LogP contribution in [0.25, 0.3) is 0 Å². The van der Waals surface area contributed by atoms with Crippen molar-refractivity contribution in [1.29, 1.82) is 0 Å². The summed E-state index contributed by atoms with van der Waals surface area (Å²) in [4.78, 5) is 12.1. The zero-order valence-corrected chi connectivity index (χ0v) is 11.4. The van der Waals surface area contributed by atoms with Crippen LogP contribution in [-0.2, 0) is 5.60 Å². The van der Waals surface area contributed by atoms with Crippen molar-refractivity contribution in [2.45, 2.75) is 19.4 Å². The van der Waals surface area contributed by atoms with Crippen molar-refractivity contribution < 1.29 is 15.0 Å². The molecule has 1 amide bonds. The highest BCUT2D eigenvalue weighted by Gasteiger charge is 2.17. The van der Waals surface area contributed by atoms with Gasteiger partial charge in [0, 0.05) is 5.56 Å². The Morgan fingerprint density at radius 3 is 2.45 bits per heavy atom. The van der Waals surface area contributed by atoms with Crippen LogP contribution in [0.15, 0.2) is 48.5 Å². The van der Waals surface area contributed by atoms with E-state index in [4.69, 9.17) is 0 Å². The molecule has 4 nitrogen and oxygen atoms in total. The number of rotatable bonds is 3. The molecule has 0 atom stereocenters. The van der Waals surface area contributed by atoms with Gasteiger partial charge in [-0.05, 0) is 43.7 Å². The number of aromatic hydroxyl groups is 1. The summed E-state index contributed by atoms with van der Waals surface area (Å²) in [5, 5.41) is 22.2. The SMILES string of the molecule is CC(C)(O)c1cccc(C(=O)Nc2ccccc2O)c1. The highest BCUT2D eigenvalue weighted by Crippen LogP contribution is 2.24. The lowest BCUT2D eigenvalue weighted by Crippen LogP contribution is -2.18. The summed E-state index contributed by atoms with van der Waals surface area (Å²) in [6.45, 7) is 3.32. The van der Waals surface area contributed by atoms with Gasteiger partial charge < -0.3 is 15.5 Å². The van der Waals surface area contributed by atoms with Crippen LogP contribution in [0, 0.1) is 0 Å². The first-order chi connectivity index (χ1) is 9.38. The van der Waals surface area contributed by atoms with Gasteiger partial charge >= 0.3 is 0 Å². The van der Waals surface area contributed by atoms with Crippen LogP contribution in [0.4, 0.5) is 5.69 Å². The quantitative estimate of drug-likeness (QED) is 0.752. The van der Waals surface area contributed by atoms with Crippen molar-refractivity contribution >= 4 is 11.6 Å². The van der Waals surface area contributed by atoms with E-state index in [1.165, 1.54) is 6.07 Å². The Morgan fingerprint density at radius 2 is 1.80 bits per heavy atom. The Labute approximate surface area is 117 Å². The fraction of sp³-hybridized carbons (Fsp3) is 0.188. The fourth-order valence-corrected chi connectivity index (χ4v) is 1.81. The van der Waals surface area contributed by atoms with Crippen LogP contribution in [0.5, 0.6) is 5.75 Å². The number of phenols is 1. The largest absolute Gasteiger partial charge is 0.506 e. The first kappa shape index (κ1) is 14.1. The summed E-state index contributed by atoms with van der Waals surface area (Å²) in [5.41, 5.74) is 0.423. The molecule has 20 heavy (non-hydrogen) atoms. The number of para-hydroxylation sites is 2. The highest BCUT2D eigenvalue weighted by molar-refractivity contribution is 6.05. The fourth-order valence-electron chi connectivity index (χ4n) is 1.81. The molecule has 0 saturated carbocycles. The van der Waals surface area contributed by atoms with Crippen LogP contribution >= 0.6 is 0 Å². The van der Waals surface area contributed by atoms with Crippen LogP contribution in [0.3, 0.4) is 0 Å². The molecule has 104 valence electrons. The number of nitrogens with one attached hydrogen (secondary N) is 1. The van der Waals surface area contributed by atoms with Gasteiger partial charge in [0.25, 0.3) is 5.91 Å². The Morgan fingerprint density at radius 1 is 1.10 bits per heavy atom. The normalized spacial score (nSPS) is 11.2. The van der Waals surface area contributed by atoms with Gasteiger partial charge in [0.05, 0.1) is 11.3 Å². The monoisotopic (exact) mass is 271 g/mol. The standard InChI is InChI=1S/C16H17NO3/c1-16(2,20)12-7-5-6-11(10-12)15(19)17-13-8-3-4-9-14(13)18/h3-10,18,20H,1-2H3,(H,17,19). The summed E-state index contributed by atoms with van der Waals surface area (Å²) in [6, 6.07) is 13.3. The van der Waals surface area contributed by atoms with E-state index in [0.717, 1.165) is 0 Å². The molecule has 3 N–H and O–H groups in total. The van der Waals surface area contributed by atoms with Crippen molar-refractivity contribution in [2.75, 3.05) is 5.32 Å². The molecule has 0 spiro atoms. The third-order valence-corrected chi connectivity index (χ3v) is 2.98. The molecule has 0 aliphatic rings. The van der Waals surface area contributed by atoms with Gasteiger partial charge in [-0.25, -0.2) is 0 Å². The number of amides is 1. The van der Waals surface area contributed by atoms with Crippen LogP contribution in [-0.4, -0.2) is 16.1 Å². The number of carbonyl (C=O) groups is 1. The zero-order chi connectivity index (χ0) is 14.8. The van der Waals surface area contributed by atoms with Gasteiger partial charge in [-0.15, -0.1) is 0 Å². The van der Waals surface area contributed by atoms with Gasteiger partial charge in [-0.3, -0.25) is 4.79 Å². The molecule has 0 saturated heterocycles. The average Bonchev–Trinajstić information content (AvgIpc) is 2.40. The summed E-state index contributed by atoms with van der Waals surface area (Å²) < 4.78 is 0. The van der Waals surface area contributed by atoms with Gasteiger partial charge in [0.1, 0.15) is 5.75 Å². The van der Waals surface area contributed by atoms with Crippen molar-refractivity contribution in [3.05, 3.63) is 59.7 Å². The van der Waals surface area contributed by atoms with Gasteiger partial charge in [0.15, 0.2) is 0 Å². The predicted octanol–water partition coefficient (Wildman–Crippen LogP) is 2.87. The molecule has 0 bridgehead atoms. The molecule has 0 fully saturated rings. The Balaban J connectivity index is 2.24. The van der Waals surface area contributed by atoms with Crippen molar-refractivity contribution in [1.82, 2.24) is 0 Å². The first-order valence-corrected chi connectivity index (χ1v) is 6.30. The van der Waals surface area contributed by atoms with Gasteiger partial charge in [0.2, 0.25) is 0 Å². The number of hydrogen-bond acceptors (Lipinski definition) is 3. The van der Waals surface area contributed by atoms with Crippen LogP contribution < -0.4 is 5.32 Å². The maximum atomic E-state index is 12.1. The molecule has 0 aliphatic heterocycles. The lowest BCUT2D eigenvalue weighted by Gasteiger charge is -2.18. The van der Waals surface area contributed by atoms with Crippen LogP contribution in [0.2, 0.25) is 0 Å². The minimum atomic E-state index is -1.01. The lowest BCUT2D eigenvalue weighted by molar-refractivity contribution is 0.0785. The average molecular weight is 271 g/mol. The molecule has 0 aliphatic carbocycles. The van der Waals surface area contributed by atoms with E-state index in [1.54, 1.807) is 56.3 Å². The number of phenolic OH excluding ortho intramolecular Hbond substituents is 1. The van der Waals surface area contributed by atoms with Crippen molar-refractivity contribution in [3.63, 3.8) is 0 Å². The van der Waals surface area contributed by atoms with Crippen molar-refractivity contribution in [2.24, 2.45) is 0 Å². The summed E-state index contributed by atoms with van der Waals surface area (Å²) in [6.07, 6.45) is 0. The Bertz CT molecular complexity index is 630. The molecule has 0 heterocycles. The van der Waals surface area contributed by atoms with Gasteiger partial charge in [-0.1, -0.05) is 24.3 Å². The van der Waals surface area contributed by atoms with E-state index in [9.17, 15) is 15.0 Å². The third-order valence-electron chi connectivity index (χ3n) is 2.98. The van der Waals surface area contributed by atoms with E-state index in [2.05, 4.69) is 5.32 Å². The maximum absolute atomic E-state index is 12.1. The second-order valence-electron chi connectivity index (χ2n) is 5.11. The van der Waals surface area contributed by atoms with E-state index in [1.807, 2.05) is 0 Å². The summed E-state index contributed by atoms with van der Waals surface area (Å²) in [5.74, 6) is -0.322. The molecule has 2 rings (SSSR count).